The molecule has 0 saturated heterocycles. The number of hydrogen-bond acceptors (Lipinski definition) is 4. The molecule has 0 radical (unpaired) electrons. The minimum atomic E-state index is 0.0163. The van der Waals surface area contributed by atoms with Gasteiger partial charge in [-0.1, -0.05) is 6.92 Å². The summed E-state index contributed by atoms with van der Waals surface area (Å²) in [5.41, 5.74) is 1.63. The van der Waals surface area contributed by atoms with Crippen LogP contribution < -0.4 is 0 Å². The zero-order valence-electron chi connectivity index (χ0n) is 8.20. The molecule has 1 unspecified atom stereocenters. The van der Waals surface area contributed by atoms with Crippen LogP contribution >= 0.6 is 11.8 Å². The molecule has 0 aromatic heterocycles. The van der Waals surface area contributed by atoms with Gasteiger partial charge in [0.15, 0.2) is 5.78 Å². The monoisotopic (exact) mass is 198 g/mol. The van der Waals surface area contributed by atoms with Gasteiger partial charge >= 0.3 is 0 Å². The number of carbonyl (C=O) groups excluding carboxylic acids is 1. The number of rotatable bonds is 3. The van der Waals surface area contributed by atoms with Crippen LogP contribution in [0.4, 0.5) is 0 Å². The topological polar surface area (TPSA) is 41.8 Å². The van der Waals surface area contributed by atoms with Gasteiger partial charge in [0, 0.05) is 12.2 Å². The minimum absolute atomic E-state index is 0.0163. The van der Waals surface area contributed by atoms with Crippen LogP contribution in [-0.4, -0.2) is 23.3 Å². The van der Waals surface area contributed by atoms with Crippen molar-refractivity contribution in [3.05, 3.63) is 11.3 Å². The molecule has 3 nitrogen and oxygen atoms in total. The van der Waals surface area contributed by atoms with Crippen molar-refractivity contribution in [2.75, 3.05) is 12.3 Å². The molecule has 1 rings (SSSR count). The van der Waals surface area contributed by atoms with Gasteiger partial charge in [0.1, 0.15) is 5.70 Å². The summed E-state index contributed by atoms with van der Waals surface area (Å²) in [6, 6.07) is 0. The summed E-state index contributed by atoms with van der Waals surface area (Å²) in [5, 5.41) is 8.19. The maximum absolute atomic E-state index is 11.1. The molecule has 4 heteroatoms. The molecule has 1 aliphatic heterocycles. The zero-order chi connectivity index (χ0) is 9.84. The van der Waals surface area contributed by atoms with Gasteiger partial charge in [-0.05, 0) is 18.2 Å². The molecule has 0 spiro atoms. The Balaban J connectivity index is 2.85. The van der Waals surface area contributed by atoms with Crippen LogP contribution in [0.5, 0.6) is 0 Å². The SMILES string of the molecule is CCSC1CN=NC(C(C)=O)=C1C. The molecule has 0 amide bonds. The third kappa shape index (κ3) is 2.40. The van der Waals surface area contributed by atoms with E-state index >= 15 is 0 Å². The van der Waals surface area contributed by atoms with Crippen LogP contribution in [0.1, 0.15) is 20.8 Å². The van der Waals surface area contributed by atoms with E-state index in [-0.39, 0.29) is 5.78 Å². The molecule has 0 aromatic rings. The second kappa shape index (κ2) is 4.56. The molecule has 72 valence electrons. The number of carbonyl (C=O) groups is 1. The quantitative estimate of drug-likeness (QED) is 0.699. The smallest absolute Gasteiger partial charge is 0.179 e. The summed E-state index contributed by atoms with van der Waals surface area (Å²) in [6.07, 6.45) is 0. The van der Waals surface area contributed by atoms with Gasteiger partial charge in [-0.3, -0.25) is 4.79 Å². The predicted molar refractivity (Wildman–Crippen MR) is 55.0 cm³/mol. The highest BCUT2D eigenvalue weighted by Gasteiger charge is 2.20. The molecular formula is C9H14N2OS. The Morgan fingerprint density at radius 1 is 1.69 bits per heavy atom. The van der Waals surface area contributed by atoms with Crippen LogP contribution in [0.15, 0.2) is 21.5 Å². The average molecular weight is 198 g/mol. The highest BCUT2D eigenvalue weighted by atomic mass is 32.2. The summed E-state index contributed by atoms with van der Waals surface area (Å²) in [7, 11) is 0. The Labute approximate surface area is 82.7 Å². The molecule has 1 aliphatic rings. The Morgan fingerprint density at radius 2 is 2.38 bits per heavy atom. The van der Waals surface area contributed by atoms with Gasteiger partial charge in [0.2, 0.25) is 0 Å². The first kappa shape index (κ1) is 10.4. The molecule has 1 heterocycles. The summed E-state index contributed by atoms with van der Waals surface area (Å²) in [6.45, 7) is 6.33. The standard InChI is InChI=1S/C9H14N2OS/c1-4-13-8-5-10-11-9(6(8)2)7(3)12/h8H,4-5H2,1-3H3. The van der Waals surface area contributed by atoms with E-state index in [1.54, 1.807) is 0 Å². The lowest BCUT2D eigenvalue weighted by atomic mass is 10.1. The van der Waals surface area contributed by atoms with Crippen LogP contribution in [0, 0.1) is 0 Å². The van der Waals surface area contributed by atoms with E-state index in [0.717, 1.165) is 11.3 Å². The summed E-state index contributed by atoms with van der Waals surface area (Å²) >= 11 is 1.82. The van der Waals surface area contributed by atoms with Crippen molar-refractivity contribution in [2.24, 2.45) is 10.2 Å². The highest BCUT2D eigenvalue weighted by Crippen LogP contribution is 2.26. The third-order valence-electron chi connectivity index (χ3n) is 1.98. The van der Waals surface area contributed by atoms with Crippen LogP contribution in [0.25, 0.3) is 0 Å². The molecular weight excluding hydrogens is 184 g/mol. The van der Waals surface area contributed by atoms with Gasteiger partial charge in [-0.15, -0.1) is 0 Å². The fourth-order valence-corrected chi connectivity index (χ4v) is 2.22. The molecule has 0 aromatic carbocycles. The second-order valence-electron chi connectivity index (χ2n) is 2.96. The van der Waals surface area contributed by atoms with Gasteiger partial charge in [-0.25, -0.2) is 0 Å². The van der Waals surface area contributed by atoms with Crippen molar-refractivity contribution >= 4 is 17.5 Å². The summed E-state index contributed by atoms with van der Waals surface area (Å²) < 4.78 is 0. The molecule has 1 atom stereocenters. The fraction of sp³-hybridized carbons (Fsp3) is 0.667. The lowest BCUT2D eigenvalue weighted by Gasteiger charge is -2.18. The van der Waals surface area contributed by atoms with Gasteiger partial charge in [0.25, 0.3) is 0 Å². The Bertz CT molecular complexity index is 271. The maximum atomic E-state index is 11.1. The zero-order valence-corrected chi connectivity index (χ0v) is 9.02. The predicted octanol–water partition coefficient (Wildman–Crippen LogP) is 2.44. The number of allylic oxidation sites excluding steroid dienone is 1. The fourth-order valence-electron chi connectivity index (χ4n) is 1.28. The number of hydrogen-bond donors (Lipinski definition) is 0. The van der Waals surface area contributed by atoms with E-state index in [9.17, 15) is 4.79 Å². The first-order chi connectivity index (χ1) is 6.16. The van der Waals surface area contributed by atoms with Crippen molar-refractivity contribution in [1.82, 2.24) is 0 Å². The Kier molecular flexibility index (Phi) is 3.66. The van der Waals surface area contributed by atoms with E-state index < -0.39 is 0 Å². The van der Waals surface area contributed by atoms with Crippen molar-refractivity contribution in [3.63, 3.8) is 0 Å². The molecule has 13 heavy (non-hydrogen) atoms. The Morgan fingerprint density at radius 3 is 2.92 bits per heavy atom. The number of nitrogens with zero attached hydrogens (tertiary/aromatic N) is 2. The van der Waals surface area contributed by atoms with Crippen LogP contribution in [-0.2, 0) is 4.79 Å². The van der Waals surface area contributed by atoms with E-state index in [2.05, 4.69) is 17.2 Å². The summed E-state index contributed by atoms with van der Waals surface area (Å²) in [4.78, 5) is 11.1. The van der Waals surface area contributed by atoms with Gasteiger partial charge in [-0.2, -0.15) is 22.0 Å². The molecule has 0 aliphatic carbocycles. The van der Waals surface area contributed by atoms with Crippen molar-refractivity contribution < 1.29 is 4.79 Å². The van der Waals surface area contributed by atoms with E-state index in [4.69, 9.17) is 0 Å². The first-order valence-electron chi connectivity index (χ1n) is 4.37. The van der Waals surface area contributed by atoms with E-state index in [1.165, 1.54) is 6.92 Å². The average Bonchev–Trinajstić information content (AvgIpc) is 2.08. The van der Waals surface area contributed by atoms with Gasteiger partial charge in [0.05, 0.1) is 6.54 Å². The largest absolute Gasteiger partial charge is 0.293 e. The molecule has 0 N–H and O–H groups in total. The number of Topliss-reactive ketones (excluding diaryl/α,β-unsaturated/α-hetero) is 1. The molecule has 0 fully saturated rings. The number of thioether (sulfide) groups is 1. The van der Waals surface area contributed by atoms with E-state index in [0.29, 0.717) is 17.5 Å². The normalized spacial score (nSPS) is 22.2. The van der Waals surface area contributed by atoms with Crippen molar-refractivity contribution in [1.29, 1.82) is 0 Å². The molecule has 0 bridgehead atoms. The lowest BCUT2D eigenvalue weighted by molar-refractivity contribution is -0.113. The maximum Gasteiger partial charge on any atom is 0.179 e. The Hall–Kier alpha value is -0.640. The van der Waals surface area contributed by atoms with Crippen LogP contribution in [0.3, 0.4) is 0 Å². The lowest BCUT2D eigenvalue weighted by Crippen LogP contribution is -2.16. The molecule has 0 saturated carbocycles. The van der Waals surface area contributed by atoms with Crippen molar-refractivity contribution in [2.45, 2.75) is 26.0 Å². The third-order valence-corrected chi connectivity index (χ3v) is 3.21. The second-order valence-corrected chi connectivity index (χ2v) is 4.44. The van der Waals surface area contributed by atoms with Gasteiger partial charge < -0.3 is 0 Å². The number of azo groups is 1. The van der Waals surface area contributed by atoms with Crippen LogP contribution in [0.2, 0.25) is 0 Å². The first-order valence-corrected chi connectivity index (χ1v) is 5.42. The van der Waals surface area contributed by atoms with E-state index in [1.807, 2.05) is 18.7 Å². The minimum Gasteiger partial charge on any atom is -0.293 e. The van der Waals surface area contributed by atoms with Crippen molar-refractivity contribution in [3.8, 4) is 0 Å². The number of ketones is 1. The summed E-state index contributed by atoms with van der Waals surface area (Å²) in [5.74, 6) is 1.06. The highest BCUT2D eigenvalue weighted by molar-refractivity contribution is 8.00.